The van der Waals surface area contributed by atoms with Crippen LogP contribution in [-0.2, 0) is 6.54 Å². The Labute approximate surface area is 187 Å². The quantitative estimate of drug-likeness (QED) is 0.633. The molecule has 0 bridgehead atoms. The Hall–Kier alpha value is -2.41. The summed E-state index contributed by atoms with van der Waals surface area (Å²) in [5.74, 6) is 0.415. The van der Waals surface area contributed by atoms with Gasteiger partial charge in [-0.2, -0.15) is 0 Å². The van der Waals surface area contributed by atoms with E-state index in [9.17, 15) is 9.59 Å². The first-order chi connectivity index (χ1) is 13.6. The number of rotatable bonds is 4. The van der Waals surface area contributed by atoms with Gasteiger partial charge in [-0.15, -0.1) is 24.8 Å². The van der Waals surface area contributed by atoms with E-state index in [0.717, 1.165) is 42.4 Å². The van der Waals surface area contributed by atoms with Crippen LogP contribution in [0.15, 0.2) is 51.8 Å². The number of pyridine rings is 1. The third kappa shape index (κ3) is 5.19. The Morgan fingerprint density at radius 2 is 2.07 bits per heavy atom. The molecule has 6 nitrogen and oxygen atoms in total. The van der Waals surface area contributed by atoms with E-state index in [1.54, 1.807) is 13.1 Å². The number of carbonyl (C=O) groups is 1. The normalized spacial score (nSPS) is 15.7. The lowest BCUT2D eigenvalue weighted by Crippen LogP contribution is -2.31. The van der Waals surface area contributed by atoms with E-state index in [0.29, 0.717) is 17.9 Å². The minimum absolute atomic E-state index is 0. The predicted octanol–water partition coefficient (Wildman–Crippen LogP) is 3.74. The number of piperidine rings is 1. The number of hydrogen-bond donors (Lipinski definition) is 2. The third-order valence-corrected chi connectivity index (χ3v) is 5.19. The molecule has 0 saturated carbocycles. The highest BCUT2D eigenvalue weighted by molar-refractivity contribution is 5.95. The van der Waals surface area contributed by atoms with Crippen molar-refractivity contribution < 1.29 is 9.21 Å². The minimum atomic E-state index is -0.574. The molecule has 1 atom stereocenters. The Bertz CT molecular complexity index is 1080. The van der Waals surface area contributed by atoms with Crippen LogP contribution in [0.3, 0.4) is 0 Å². The summed E-state index contributed by atoms with van der Waals surface area (Å²) in [4.78, 5) is 29.5. The summed E-state index contributed by atoms with van der Waals surface area (Å²) in [6.45, 7) is 3.86. The number of benzene rings is 1. The zero-order valence-corrected chi connectivity index (χ0v) is 18.3. The second-order valence-corrected chi connectivity index (χ2v) is 7.26. The van der Waals surface area contributed by atoms with Gasteiger partial charge in [-0.1, -0.05) is 18.2 Å². The largest absolute Gasteiger partial charge is 0.427 e. The fraction of sp³-hybridized carbons (Fsp3) is 0.318. The molecule has 1 unspecified atom stereocenters. The maximum Gasteiger partial charge on any atom is 0.349 e. The molecule has 8 heteroatoms. The van der Waals surface area contributed by atoms with Crippen LogP contribution in [0.5, 0.6) is 0 Å². The number of hydrogen-bond acceptors (Lipinski definition) is 5. The Morgan fingerprint density at radius 3 is 2.80 bits per heavy atom. The SMILES string of the molecule is Cc1cc(C2CCCNC2)oc(=O)c1C(=O)NCc1cnc2ccccc2c1.Cl.Cl. The van der Waals surface area contributed by atoms with Gasteiger partial charge in [0.05, 0.1) is 5.52 Å². The van der Waals surface area contributed by atoms with Crippen LogP contribution >= 0.6 is 24.8 Å². The van der Waals surface area contributed by atoms with Crippen molar-refractivity contribution in [2.24, 2.45) is 0 Å². The van der Waals surface area contributed by atoms with Gasteiger partial charge in [-0.05, 0) is 55.6 Å². The second-order valence-electron chi connectivity index (χ2n) is 7.26. The summed E-state index contributed by atoms with van der Waals surface area (Å²) in [6, 6.07) is 11.6. The van der Waals surface area contributed by atoms with Gasteiger partial charge in [0.15, 0.2) is 0 Å². The molecule has 1 amide bonds. The van der Waals surface area contributed by atoms with E-state index in [1.807, 2.05) is 36.4 Å². The third-order valence-electron chi connectivity index (χ3n) is 5.19. The molecule has 2 aromatic heterocycles. The molecule has 2 N–H and O–H groups in total. The summed E-state index contributed by atoms with van der Waals surface area (Å²) in [5, 5.41) is 7.13. The molecule has 0 spiro atoms. The van der Waals surface area contributed by atoms with Gasteiger partial charge in [0.2, 0.25) is 0 Å². The van der Waals surface area contributed by atoms with Gasteiger partial charge in [0.25, 0.3) is 5.91 Å². The minimum Gasteiger partial charge on any atom is -0.427 e. The number of fused-ring (bicyclic) bond motifs is 1. The monoisotopic (exact) mass is 449 g/mol. The van der Waals surface area contributed by atoms with Gasteiger partial charge in [-0.25, -0.2) is 4.79 Å². The van der Waals surface area contributed by atoms with Crippen molar-refractivity contribution in [3.8, 4) is 0 Å². The summed E-state index contributed by atoms with van der Waals surface area (Å²) in [5.41, 5.74) is 1.92. The van der Waals surface area contributed by atoms with Crippen molar-refractivity contribution in [3.05, 3.63) is 75.5 Å². The van der Waals surface area contributed by atoms with Crippen LogP contribution in [0.2, 0.25) is 0 Å². The standard InChI is InChI=1S/C22H23N3O3.2ClH/c1-14-9-19(17-6-4-8-23-13-17)28-22(27)20(14)21(26)25-12-15-10-16-5-2-3-7-18(16)24-11-15;;/h2-3,5,7,9-11,17,23H,4,6,8,12-13H2,1H3,(H,25,26);2*1H. The van der Waals surface area contributed by atoms with Crippen molar-refractivity contribution in [2.75, 3.05) is 13.1 Å². The maximum absolute atomic E-state index is 12.6. The van der Waals surface area contributed by atoms with E-state index in [2.05, 4.69) is 15.6 Å². The summed E-state index contributed by atoms with van der Waals surface area (Å²) in [7, 11) is 0. The average Bonchev–Trinajstić information content (AvgIpc) is 2.72. The molecule has 1 fully saturated rings. The second kappa shape index (κ2) is 10.6. The molecule has 30 heavy (non-hydrogen) atoms. The molecular weight excluding hydrogens is 425 g/mol. The molecule has 160 valence electrons. The van der Waals surface area contributed by atoms with E-state index in [1.165, 1.54) is 0 Å². The number of nitrogens with one attached hydrogen (secondary N) is 2. The summed E-state index contributed by atoms with van der Waals surface area (Å²) >= 11 is 0. The van der Waals surface area contributed by atoms with Gasteiger partial charge >= 0.3 is 5.63 Å². The first-order valence-corrected chi connectivity index (χ1v) is 9.59. The van der Waals surface area contributed by atoms with Crippen LogP contribution < -0.4 is 16.3 Å². The Kier molecular flexibility index (Phi) is 8.41. The molecule has 1 aliphatic rings. The molecule has 0 aliphatic carbocycles. The first-order valence-electron chi connectivity index (χ1n) is 9.59. The molecule has 3 aromatic rings. The zero-order chi connectivity index (χ0) is 19.5. The first kappa shape index (κ1) is 23.9. The number of aryl methyl sites for hydroxylation is 1. The van der Waals surface area contributed by atoms with Crippen LogP contribution in [0.1, 0.15) is 46.0 Å². The topological polar surface area (TPSA) is 84.2 Å². The van der Waals surface area contributed by atoms with Crippen molar-refractivity contribution in [3.63, 3.8) is 0 Å². The number of nitrogens with zero attached hydrogens (tertiary/aromatic N) is 1. The maximum atomic E-state index is 12.6. The lowest BCUT2D eigenvalue weighted by molar-refractivity contribution is 0.0945. The van der Waals surface area contributed by atoms with Gasteiger partial charge < -0.3 is 15.1 Å². The molecule has 4 rings (SSSR count). The van der Waals surface area contributed by atoms with E-state index in [4.69, 9.17) is 4.42 Å². The highest BCUT2D eigenvalue weighted by atomic mass is 35.5. The molecule has 1 saturated heterocycles. The molecule has 3 heterocycles. The zero-order valence-electron chi connectivity index (χ0n) is 16.6. The van der Waals surface area contributed by atoms with Gasteiger partial charge in [0, 0.05) is 30.6 Å². The highest BCUT2D eigenvalue weighted by Gasteiger charge is 2.22. The number of aromatic nitrogens is 1. The number of halogens is 2. The van der Waals surface area contributed by atoms with Crippen LogP contribution in [0.4, 0.5) is 0 Å². The van der Waals surface area contributed by atoms with Crippen LogP contribution in [0, 0.1) is 6.92 Å². The van der Waals surface area contributed by atoms with Crippen LogP contribution in [0.25, 0.3) is 10.9 Å². The summed E-state index contributed by atoms with van der Waals surface area (Å²) in [6.07, 6.45) is 3.77. The average molecular weight is 450 g/mol. The van der Waals surface area contributed by atoms with Crippen molar-refractivity contribution in [1.29, 1.82) is 0 Å². The number of carbonyl (C=O) groups excluding carboxylic acids is 1. The van der Waals surface area contributed by atoms with Gasteiger partial charge in [0.1, 0.15) is 11.3 Å². The fourth-order valence-corrected chi connectivity index (χ4v) is 3.69. The fourth-order valence-electron chi connectivity index (χ4n) is 3.69. The van der Waals surface area contributed by atoms with E-state index < -0.39 is 11.5 Å². The molecule has 0 radical (unpaired) electrons. The van der Waals surface area contributed by atoms with Crippen molar-refractivity contribution >= 4 is 41.6 Å². The lowest BCUT2D eigenvalue weighted by atomic mass is 9.95. The van der Waals surface area contributed by atoms with Crippen molar-refractivity contribution in [2.45, 2.75) is 32.2 Å². The molecular formula is C22H25Cl2N3O3. The molecule has 1 aromatic carbocycles. The Morgan fingerprint density at radius 1 is 1.27 bits per heavy atom. The number of amides is 1. The molecule has 1 aliphatic heterocycles. The van der Waals surface area contributed by atoms with Crippen LogP contribution in [-0.4, -0.2) is 24.0 Å². The predicted molar refractivity (Wildman–Crippen MR) is 122 cm³/mol. The van der Waals surface area contributed by atoms with E-state index in [-0.39, 0.29) is 36.3 Å². The lowest BCUT2D eigenvalue weighted by Gasteiger charge is -2.22. The Balaban J connectivity index is 0.00000160. The summed E-state index contributed by atoms with van der Waals surface area (Å²) < 4.78 is 5.49. The number of para-hydroxylation sites is 1. The smallest absolute Gasteiger partial charge is 0.349 e. The van der Waals surface area contributed by atoms with Gasteiger partial charge in [-0.3, -0.25) is 9.78 Å². The van der Waals surface area contributed by atoms with E-state index >= 15 is 0 Å². The highest BCUT2D eigenvalue weighted by Crippen LogP contribution is 2.23. The van der Waals surface area contributed by atoms with Crippen molar-refractivity contribution in [1.82, 2.24) is 15.6 Å².